The first-order valence-electron chi connectivity index (χ1n) is 9.36. The van der Waals surface area contributed by atoms with E-state index in [-0.39, 0.29) is 16.9 Å². The highest BCUT2D eigenvalue weighted by Crippen LogP contribution is 2.92. The second-order valence-electron chi connectivity index (χ2n) is 9.49. The Hall–Kier alpha value is -1.05. The van der Waals surface area contributed by atoms with E-state index < -0.39 is 31.4 Å². The van der Waals surface area contributed by atoms with Crippen LogP contribution in [0.25, 0.3) is 0 Å². The van der Waals surface area contributed by atoms with Crippen LogP contribution >= 0.6 is 0 Å². The first-order valence-corrected chi connectivity index (χ1v) is 12.9. The normalized spacial score (nSPS) is 44.9. The van der Waals surface area contributed by atoms with Crippen molar-refractivity contribution in [3.8, 4) is 0 Å². The standard InChI is InChI=1S/C20H26O5Si/c1-17(2)23-15-16(24-17)25-19-14(21)11-18(19,26(3,4)5)20(15,19)22-12-13-9-7-6-8-10-13/h6-10,15-16H,11-12H2,1-5H3/t15?,16?,18?,19-,20?/m1/s1. The minimum absolute atomic E-state index is 0.146. The fourth-order valence-electron chi connectivity index (χ4n) is 5.94. The second kappa shape index (κ2) is 4.67. The Bertz CT molecular complexity index is 787. The van der Waals surface area contributed by atoms with Gasteiger partial charge in [-0.3, -0.25) is 4.79 Å². The number of ether oxygens (including phenoxy) is 4. The van der Waals surface area contributed by atoms with Crippen molar-refractivity contribution >= 4 is 13.9 Å². The molecule has 26 heavy (non-hydrogen) atoms. The summed E-state index contributed by atoms with van der Waals surface area (Å²) in [5, 5.41) is -0.232. The molecule has 5 nitrogen and oxygen atoms in total. The summed E-state index contributed by atoms with van der Waals surface area (Å²) in [4.78, 5) is 12.8. The van der Waals surface area contributed by atoms with Crippen LogP contribution in [0.5, 0.6) is 0 Å². The molecular weight excluding hydrogens is 348 g/mol. The molecule has 4 aliphatic rings. The number of carbonyl (C=O) groups is 1. The number of benzene rings is 1. The molecule has 1 spiro atoms. The van der Waals surface area contributed by atoms with Gasteiger partial charge < -0.3 is 18.9 Å². The van der Waals surface area contributed by atoms with Crippen molar-refractivity contribution in [2.24, 2.45) is 0 Å². The zero-order valence-electron chi connectivity index (χ0n) is 16.0. The smallest absolute Gasteiger partial charge is 0.191 e. The molecular formula is C20H26O5Si. The third-order valence-corrected chi connectivity index (χ3v) is 10.3. The largest absolute Gasteiger partial charge is 0.363 e. The lowest BCUT2D eigenvalue weighted by molar-refractivity contribution is -0.221. The molecule has 0 radical (unpaired) electrons. The van der Waals surface area contributed by atoms with Gasteiger partial charge in [0.1, 0.15) is 11.7 Å². The Morgan fingerprint density at radius 3 is 2.42 bits per heavy atom. The van der Waals surface area contributed by atoms with Crippen molar-refractivity contribution in [3.63, 3.8) is 0 Å². The van der Waals surface area contributed by atoms with Crippen LogP contribution in [0.3, 0.4) is 0 Å². The maximum absolute atomic E-state index is 12.8. The molecule has 5 rings (SSSR count). The summed E-state index contributed by atoms with van der Waals surface area (Å²) < 4.78 is 25.2. The molecule has 0 N–H and O–H groups in total. The van der Waals surface area contributed by atoms with Gasteiger partial charge in [0.2, 0.25) is 0 Å². The third kappa shape index (κ3) is 1.61. The first-order chi connectivity index (χ1) is 12.1. The molecule has 2 saturated heterocycles. The van der Waals surface area contributed by atoms with E-state index in [2.05, 4.69) is 19.6 Å². The van der Waals surface area contributed by atoms with E-state index in [0.717, 1.165) is 5.56 Å². The maximum atomic E-state index is 12.8. The van der Waals surface area contributed by atoms with Gasteiger partial charge >= 0.3 is 0 Å². The van der Waals surface area contributed by atoms with E-state index in [0.29, 0.717) is 13.0 Å². The maximum Gasteiger partial charge on any atom is 0.191 e. The van der Waals surface area contributed by atoms with Crippen LogP contribution < -0.4 is 0 Å². The lowest BCUT2D eigenvalue weighted by Gasteiger charge is -2.43. The van der Waals surface area contributed by atoms with E-state index >= 15 is 0 Å². The first kappa shape index (κ1) is 17.1. The molecule has 5 atom stereocenters. The van der Waals surface area contributed by atoms with Crippen molar-refractivity contribution in [2.45, 2.75) is 80.9 Å². The van der Waals surface area contributed by atoms with Gasteiger partial charge in [0.05, 0.1) is 14.7 Å². The van der Waals surface area contributed by atoms with Gasteiger partial charge in [-0.05, 0) is 19.4 Å². The van der Waals surface area contributed by atoms with Gasteiger partial charge in [-0.15, -0.1) is 0 Å². The van der Waals surface area contributed by atoms with E-state index in [1.807, 2.05) is 44.2 Å². The molecule has 2 aliphatic carbocycles. The van der Waals surface area contributed by atoms with Crippen LogP contribution in [-0.4, -0.2) is 43.2 Å². The van der Waals surface area contributed by atoms with Crippen molar-refractivity contribution < 1.29 is 23.7 Å². The van der Waals surface area contributed by atoms with E-state index in [4.69, 9.17) is 18.9 Å². The third-order valence-electron chi connectivity index (χ3n) is 6.86. The summed E-state index contributed by atoms with van der Waals surface area (Å²) in [5.41, 5.74) is -0.510. The summed E-state index contributed by atoms with van der Waals surface area (Å²) >= 11 is 0. The molecule has 0 bridgehead atoms. The van der Waals surface area contributed by atoms with E-state index in [1.54, 1.807) is 0 Å². The monoisotopic (exact) mass is 374 g/mol. The molecule has 2 aliphatic heterocycles. The number of rotatable bonds is 4. The fraction of sp³-hybridized carbons (Fsp3) is 0.650. The van der Waals surface area contributed by atoms with Gasteiger partial charge in [0.15, 0.2) is 23.5 Å². The molecule has 1 aromatic rings. The van der Waals surface area contributed by atoms with Crippen LogP contribution in [-0.2, 0) is 30.3 Å². The molecule has 2 saturated carbocycles. The van der Waals surface area contributed by atoms with Crippen molar-refractivity contribution in [1.82, 2.24) is 0 Å². The Morgan fingerprint density at radius 2 is 1.81 bits per heavy atom. The average Bonchev–Trinajstić information content (AvgIpc) is 2.75. The van der Waals surface area contributed by atoms with Crippen LogP contribution in [0.4, 0.5) is 0 Å². The molecule has 4 fully saturated rings. The number of carbonyl (C=O) groups excluding carboxylic acids is 1. The van der Waals surface area contributed by atoms with Crippen LogP contribution in [0, 0.1) is 0 Å². The Balaban J connectivity index is 1.57. The molecule has 140 valence electrons. The summed E-state index contributed by atoms with van der Waals surface area (Å²) in [5.74, 6) is -0.585. The predicted molar refractivity (Wildman–Crippen MR) is 97.3 cm³/mol. The van der Waals surface area contributed by atoms with Gasteiger partial charge in [0.25, 0.3) is 0 Å². The highest BCUT2D eigenvalue weighted by Gasteiger charge is 3.07. The average molecular weight is 375 g/mol. The topological polar surface area (TPSA) is 54.0 Å². The summed E-state index contributed by atoms with van der Waals surface area (Å²) in [7, 11) is -1.79. The number of hydrogen-bond donors (Lipinski definition) is 0. The highest BCUT2D eigenvalue weighted by atomic mass is 28.3. The van der Waals surface area contributed by atoms with E-state index in [9.17, 15) is 4.79 Å². The Kier molecular flexibility index (Phi) is 3.07. The van der Waals surface area contributed by atoms with Crippen molar-refractivity contribution in [3.05, 3.63) is 35.9 Å². The minimum Gasteiger partial charge on any atom is -0.363 e. The molecule has 4 unspecified atom stereocenters. The zero-order valence-corrected chi connectivity index (χ0v) is 17.0. The van der Waals surface area contributed by atoms with Crippen molar-refractivity contribution in [1.29, 1.82) is 0 Å². The zero-order chi connectivity index (χ0) is 18.6. The quantitative estimate of drug-likeness (QED) is 0.757. The van der Waals surface area contributed by atoms with Gasteiger partial charge in [-0.25, -0.2) is 0 Å². The van der Waals surface area contributed by atoms with Gasteiger partial charge in [-0.2, -0.15) is 0 Å². The molecule has 0 aromatic heterocycles. The minimum atomic E-state index is -1.79. The predicted octanol–water partition coefficient (Wildman–Crippen LogP) is 3.25. The fourth-order valence-corrected chi connectivity index (χ4v) is 9.52. The Morgan fingerprint density at radius 1 is 1.12 bits per heavy atom. The molecule has 0 amide bonds. The number of hydrogen-bond acceptors (Lipinski definition) is 5. The summed E-state index contributed by atoms with van der Waals surface area (Å²) in [6, 6.07) is 10.1. The number of Topliss-reactive ketones (excluding diaryl/α,β-unsaturated/α-hetero) is 1. The Labute approximate surface area is 155 Å². The van der Waals surface area contributed by atoms with Crippen molar-refractivity contribution in [2.75, 3.05) is 0 Å². The summed E-state index contributed by atoms with van der Waals surface area (Å²) in [6.45, 7) is 11.1. The number of ketones is 1. The van der Waals surface area contributed by atoms with Crippen LogP contribution in [0.2, 0.25) is 24.7 Å². The molecule has 1 aromatic carbocycles. The lowest BCUT2D eigenvalue weighted by atomic mass is 9.93. The molecule has 6 heteroatoms. The number of fused-ring (bicyclic) bond motifs is 3. The highest BCUT2D eigenvalue weighted by molar-refractivity contribution is 6.83. The lowest BCUT2D eigenvalue weighted by Crippen LogP contribution is -2.53. The van der Waals surface area contributed by atoms with Crippen LogP contribution in [0.1, 0.15) is 25.8 Å². The summed E-state index contributed by atoms with van der Waals surface area (Å²) in [6.07, 6.45) is -0.362. The molecule has 2 heterocycles. The SMILES string of the molecule is CC1(C)OC2O[C@]34C(=O)CC3([Si](C)(C)C)C4(OCc3ccccc3)C2O1. The second-order valence-corrected chi connectivity index (χ2v) is 14.8. The van der Waals surface area contributed by atoms with Gasteiger partial charge in [-0.1, -0.05) is 50.0 Å². The van der Waals surface area contributed by atoms with Crippen LogP contribution in [0.15, 0.2) is 30.3 Å². The van der Waals surface area contributed by atoms with Gasteiger partial charge in [0, 0.05) is 11.5 Å². The van der Waals surface area contributed by atoms with E-state index in [1.165, 1.54) is 0 Å².